The Kier molecular flexibility index (Phi) is 17.9. The van der Waals surface area contributed by atoms with Crippen LogP contribution in [0.2, 0.25) is 0 Å². The summed E-state index contributed by atoms with van der Waals surface area (Å²) in [4.78, 5) is 25.3. The Labute approximate surface area is 713 Å². The lowest BCUT2D eigenvalue weighted by Crippen LogP contribution is -2.03. The molecule has 20 aromatic carbocycles. The zero-order valence-corrected chi connectivity index (χ0v) is 67.1. The van der Waals surface area contributed by atoms with E-state index in [1.165, 1.54) is 87.0 Å². The first kappa shape index (κ1) is 72.6. The van der Waals surface area contributed by atoms with Crippen molar-refractivity contribution in [2.75, 3.05) is 0 Å². The summed E-state index contributed by atoms with van der Waals surface area (Å²) in [6.07, 6.45) is 0. The van der Waals surface area contributed by atoms with Gasteiger partial charge in [0.15, 0.2) is 17.5 Å². The lowest BCUT2D eigenvalue weighted by atomic mass is 9.93. The Hall–Kier alpha value is -16.6. The predicted molar refractivity (Wildman–Crippen MR) is 514 cm³/mol. The van der Waals surface area contributed by atoms with Crippen molar-refractivity contribution in [3.63, 3.8) is 0 Å². The number of halogens is 1. The molecule has 9 heteroatoms. The van der Waals surface area contributed by atoms with Gasteiger partial charge in [0.2, 0.25) is 5.95 Å². The molecular formula is C115H73FN8. The predicted octanol–water partition coefficient (Wildman–Crippen LogP) is 30.1. The first-order valence-electron chi connectivity index (χ1n) is 41.9. The fourth-order valence-corrected chi connectivity index (χ4v) is 18.6. The van der Waals surface area contributed by atoms with Crippen LogP contribution in [-0.4, -0.2) is 38.6 Å². The third-order valence-electron chi connectivity index (χ3n) is 24.2. The molecule has 0 radical (unpaired) electrons. The minimum atomic E-state index is -0.234. The van der Waals surface area contributed by atoms with Crippen molar-refractivity contribution < 1.29 is 4.39 Å². The van der Waals surface area contributed by atoms with Gasteiger partial charge in [-0.3, -0.25) is 4.57 Å². The summed E-state index contributed by atoms with van der Waals surface area (Å²) in [7, 11) is 0. The van der Waals surface area contributed by atoms with E-state index >= 15 is 0 Å². The average Bonchev–Trinajstić information content (AvgIpc) is 1.49. The van der Waals surface area contributed by atoms with Gasteiger partial charge in [0.25, 0.3) is 0 Å². The molecule has 8 nitrogen and oxygen atoms in total. The van der Waals surface area contributed by atoms with E-state index in [9.17, 15) is 4.39 Å². The Morgan fingerprint density at radius 1 is 0.185 bits per heavy atom. The Balaban J connectivity index is 0.000000108. The second-order valence-electron chi connectivity index (χ2n) is 31.5. The molecule has 0 bridgehead atoms. The van der Waals surface area contributed by atoms with Crippen LogP contribution in [0.15, 0.2) is 443 Å². The zero-order valence-electron chi connectivity index (χ0n) is 67.1. The van der Waals surface area contributed by atoms with Gasteiger partial charge in [-0.15, -0.1) is 0 Å². The number of rotatable bonds is 10. The van der Waals surface area contributed by atoms with Crippen LogP contribution < -0.4 is 0 Å². The van der Waals surface area contributed by atoms with Gasteiger partial charge < -0.3 is 9.13 Å². The van der Waals surface area contributed by atoms with Gasteiger partial charge in [-0.2, -0.15) is 0 Å². The fourth-order valence-electron chi connectivity index (χ4n) is 18.6. The zero-order chi connectivity index (χ0) is 82.1. The lowest BCUT2D eigenvalue weighted by Gasteiger charge is -2.16. The third-order valence-corrected chi connectivity index (χ3v) is 24.2. The van der Waals surface area contributed by atoms with Crippen molar-refractivity contribution in [2.24, 2.45) is 0 Å². The molecule has 0 saturated carbocycles. The van der Waals surface area contributed by atoms with Crippen LogP contribution in [0.25, 0.3) is 226 Å². The molecule has 0 N–H and O–H groups in total. The van der Waals surface area contributed by atoms with Gasteiger partial charge >= 0.3 is 0 Å². The third kappa shape index (κ3) is 12.8. The summed E-state index contributed by atoms with van der Waals surface area (Å²) in [5.41, 5.74) is 21.5. The number of hydrogen-bond donors (Lipinski definition) is 0. The van der Waals surface area contributed by atoms with Crippen molar-refractivity contribution in [3.05, 3.63) is 449 Å². The van der Waals surface area contributed by atoms with Crippen LogP contribution in [0.5, 0.6) is 0 Å². The summed E-state index contributed by atoms with van der Waals surface area (Å²) in [6.45, 7) is 0. The molecule has 580 valence electrons. The topological polar surface area (TPSA) is 79.2 Å². The van der Waals surface area contributed by atoms with E-state index in [0.29, 0.717) is 23.4 Å². The number of para-hydroxylation sites is 2. The smallest absolute Gasteiger partial charge is 0.235 e. The monoisotopic (exact) mass is 1580 g/mol. The highest BCUT2D eigenvalue weighted by Crippen LogP contribution is 2.45. The molecule has 0 atom stereocenters. The van der Waals surface area contributed by atoms with Crippen LogP contribution in [0.3, 0.4) is 0 Å². The average molecular weight is 1590 g/mol. The summed E-state index contributed by atoms with van der Waals surface area (Å²) < 4.78 is 21.7. The van der Waals surface area contributed by atoms with Gasteiger partial charge in [0.05, 0.1) is 44.3 Å². The molecule has 0 spiro atoms. The van der Waals surface area contributed by atoms with E-state index in [4.69, 9.17) is 24.9 Å². The number of fused-ring (bicyclic) bond motifs is 19. The van der Waals surface area contributed by atoms with E-state index in [1.54, 1.807) is 12.1 Å². The highest BCUT2D eigenvalue weighted by atomic mass is 19.1. The maximum Gasteiger partial charge on any atom is 0.235 e. The van der Waals surface area contributed by atoms with E-state index in [0.717, 1.165) is 116 Å². The van der Waals surface area contributed by atoms with Gasteiger partial charge in [-0.1, -0.05) is 352 Å². The number of aromatic nitrogens is 8. The Bertz CT molecular complexity index is 8450. The normalized spacial score (nSPS) is 11.6. The van der Waals surface area contributed by atoms with E-state index in [-0.39, 0.29) is 5.82 Å². The number of benzene rings is 20. The van der Waals surface area contributed by atoms with Crippen LogP contribution in [0.4, 0.5) is 4.39 Å². The molecule has 0 amide bonds. The first-order chi connectivity index (χ1) is 61.4. The molecule has 0 aliphatic carbocycles. The minimum absolute atomic E-state index is 0.234. The minimum Gasteiger partial charge on any atom is -0.309 e. The second kappa shape index (κ2) is 30.6. The van der Waals surface area contributed by atoms with Gasteiger partial charge in [0.1, 0.15) is 5.82 Å². The molecule has 124 heavy (non-hydrogen) atoms. The molecule has 5 aromatic heterocycles. The van der Waals surface area contributed by atoms with E-state index in [1.807, 2.05) is 78.9 Å². The van der Waals surface area contributed by atoms with Gasteiger partial charge in [0, 0.05) is 76.7 Å². The second-order valence-corrected chi connectivity index (χ2v) is 31.5. The molecule has 0 aliphatic rings. The van der Waals surface area contributed by atoms with Gasteiger partial charge in [-0.25, -0.2) is 29.3 Å². The van der Waals surface area contributed by atoms with Crippen LogP contribution in [0.1, 0.15) is 0 Å². The SMILES string of the molecule is Fc1ccc2c(c1)c1c3ccccc3ccc1n2-c1cc(-c2cccc(-c3ccccc3)c2)cc(-c2cccc3ccccc23)c1.c1ccc(-c2nc(-c3ccccc3)nc(-c3cccc(-n4c5ccccc5c5c6ccccc6ccc54)c3)n2)cc1.c1ccc(-c2nc(-n3c4ccccc4c4c5ccccc5ccc43)nc3c2ccc2ccccc23)cc1. The number of hydrogen-bond acceptors (Lipinski definition) is 5. The van der Waals surface area contributed by atoms with Crippen molar-refractivity contribution in [1.29, 1.82) is 0 Å². The number of nitrogens with zero attached hydrogens (tertiary/aromatic N) is 8. The summed E-state index contributed by atoms with van der Waals surface area (Å²) >= 11 is 0. The summed E-state index contributed by atoms with van der Waals surface area (Å²) in [5.74, 6) is 2.41. The Morgan fingerprint density at radius 2 is 0.556 bits per heavy atom. The van der Waals surface area contributed by atoms with Crippen LogP contribution >= 0.6 is 0 Å². The molecule has 25 rings (SSSR count). The molecule has 0 unspecified atom stereocenters. The molecule has 0 fully saturated rings. The maximum absolute atomic E-state index is 14.9. The fraction of sp³-hybridized carbons (Fsp3) is 0. The van der Waals surface area contributed by atoms with Crippen molar-refractivity contribution in [2.45, 2.75) is 0 Å². The van der Waals surface area contributed by atoms with E-state index < -0.39 is 0 Å². The maximum atomic E-state index is 14.9. The van der Waals surface area contributed by atoms with Crippen LogP contribution in [-0.2, 0) is 0 Å². The standard InChI is InChI=1S/C44H28FN.C37H24N4.C34H21N3/c45-36-21-23-42-41(28-36)44-40-18-7-5-13-31(40)20-22-43(44)46(42)37-26-34(33-16-8-15-32(24-33)29-10-2-1-3-11-29)25-35(27-37)39-19-9-14-30-12-4-6-17-38(30)39;1-3-13-26(14-4-1)35-38-36(27-15-5-2-6-16-27)40-37(39-35)28-17-11-18-29(24-28)41-32-21-10-9-20-31(32)34-30-19-8-7-12-25(30)22-23-33(34)41;1-2-12-24(13-3-1)32-28-20-18-23-11-5-7-15-26(23)33(28)36-34(35-32)37-29-17-9-8-16-27(29)31-25-14-6-4-10-22(25)19-21-30(31)37/h1-28H;1-24H;1-21H. The summed E-state index contributed by atoms with van der Waals surface area (Å²) in [6, 6.07) is 154. The molecule has 25 aromatic rings. The first-order valence-corrected chi connectivity index (χ1v) is 41.9. The van der Waals surface area contributed by atoms with Crippen molar-refractivity contribution in [1.82, 2.24) is 38.6 Å². The quantitative estimate of drug-likeness (QED) is 0.128. The van der Waals surface area contributed by atoms with Crippen LogP contribution in [0, 0.1) is 5.82 Å². The van der Waals surface area contributed by atoms with Gasteiger partial charge in [-0.05, 0) is 173 Å². The van der Waals surface area contributed by atoms with Crippen molar-refractivity contribution in [3.8, 4) is 96.1 Å². The highest BCUT2D eigenvalue weighted by molar-refractivity contribution is 6.24. The Morgan fingerprint density at radius 3 is 1.15 bits per heavy atom. The molecule has 5 heterocycles. The molecular weight excluding hydrogens is 1510 g/mol. The lowest BCUT2D eigenvalue weighted by molar-refractivity contribution is 0.629. The summed E-state index contributed by atoms with van der Waals surface area (Å²) in [5, 5.41) is 19.9. The highest BCUT2D eigenvalue weighted by Gasteiger charge is 2.24. The van der Waals surface area contributed by atoms with Crippen molar-refractivity contribution >= 4 is 130 Å². The molecule has 0 aliphatic heterocycles. The largest absolute Gasteiger partial charge is 0.309 e. The van der Waals surface area contributed by atoms with E-state index in [2.05, 4.69) is 366 Å². The molecule has 0 saturated heterocycles.